The summed E-state index contributed by atoms with van der Waals surface area (Å²) < 4.78 is 6.71. The molecule has 0 saturated carbocycles. The maximum absolute atomic E-state index is 11.2. The van der Waals surface area contributed by atoms with E-state index >= 15 is 0 Å². The lowest BCUT2D eigenvalue weighted by atomic mass is 9.82. The molecule has 3 aromatic carbocycles. The Balaban J connectivity index is 1.74. The van der Waals surface area contributed by atoms with Gasteiger partial charge in [-0.3, -0.25) is 4.79 Å². The van der Waals surface area contributed by atoms with Gasteiger partial charge in [-0.2, -0.15) is 0 Å². The Hall–Kier alpha value is -2.75. The van der Waals surface area contributed by atoms with Crippen LogP contribution < -0.4 is 0 Å². The summed E-state index contributed by atoms with van der Waals surface area (Å²) in [6.07, 6.45) is 13.9. The van der Waals surface area contributed by atoms with Gasteiger partial charge in [-0.15, -0.1) is 0 Å². The number of rotatable bonds is 16. The zero-order chi connectivity index (χ0) is 26.3. The van der Waals surface area contributed by atoms with E-state index in [0.29, 0.717) is 15.3 Å². The second-order valence-corrected chi connectivity index (χ2v) is 12.2. The number of aldehydes is 1. The van der Waals surface area contributed by atoms with Crippen LogP contribution in [-0.2, 0) is 4.43 Å². The lowest BCUT2D eigenvalue weighted by Crippen LogP contribution is -2.28. The van der Waals surface area contributed by atoms with Crippen molar-refractivity contribution in [2.24, 2.45) is 0 Å². The lowest BCUT2D eigenvalue weighted by Gasteiger charge is -2.35. The number of benzene rings is 3. The fourth-order valence-corrected chi connectivity index (χ4v) is 5.98. The van der Waals surface area contributed by atoms with Gasteiger partial charge in [0.1, 0.15) is 6.29 Å². The minimum Gasteiger partial charge on any atom is -0.411 e. The van der Waals surface area contributed by atoms with E-state index in [-0.39, 0.29) is 17.1 Å². The van der Waals surface area contributed by atoms with E-state index in [1.54, 1.807) is 0 Å². The van der Waals surface area contributed by atoms with Crippen molar-refractivity contribution in [3.05, 3.63) is 113 Å². The molecule has 1 atom stereocenters. The number of hydrogen-bond acceptors (Lipinski definition) is 2. The van der Waals surface area contributed by atoms with E-state index in [4.69, 9.17) is 4.43 Å². The normalized spacial score (nSPS) is 12.8. The van der Waals surface area contributed by atoms with Gasteiger partial charge in [-0.1, -0.05) is 150 Å². The van der Waals surface area contributed by atoms with Crippen LogP contribution in [0.4, 0.5) is 0 Å². The predicted octanol–water partition coefficient (Wildman–Crippen LogP) is 9.30. The van der Waals surface area contributed by atoms with Gasteiger partial charge in [0.15, 0.2) is 0 Å². The van der Waals surface area contributed by atoms with Gasteiger partial charge in [0.2, 0.25) is 9.76 Å². The molecule has 0 aromatic heterocycles. The Morgan fingerprint density at radius 3 is 2.00 bits per heavy atom. The molecule has 37 heavy (non-hydrogen) atoms. The van der Waals surface area contributed by atoms with E-state index in [9.17, 15) is 4.79 Å². The highest BCUT2D eigenvalue weighted by atomic mass is 28.2. The standard InChI is InChI=1S/C34H42O2Si/c1-4-5-6-7-8-15-23-32(25-24-28-17-16-18-29(26-28)27-35)36-37-34(2,3)33(30-19-11-9-12-20-30)31-21-13-10-14-22-31/h9-14,16-22,24-27,32-33H,4-8,15,23H2,1-3H3/b25-24+. The van der Waals surface area contributed by atoms with Gasteiger partial charge < -0.3 is 4.43 Å². The third-order valence-corrected chi connectivity index (χ3v) is 8.09. The Morgan fingerprint density at radius 2 is 1.38 bits per heavy atom. The summed E-state index contributed by atoms with van der Waals surface area (Å²) in [5.74, 6) is 0.246. The highest BCUT2D eigenvalue weighted by Crippen LogP contribution is 2.46. The molecule has 1 unspecified atom stereocenters. The number of carbonyl (C=O) groups excluding carboxylic acids is 1. The van der Waals surface area contributed by atoms with Gasteiger partial charge in [0.25, 0.3) is 0 Å². The van der Waals surface area contributed by atoms with Crippen molar-refractivity contribution < 1.29 is 9.22 Å². The largest absolute Gasteiger partial charge is 0.411 e. The second-order valence-electron chi connectivity index (χ2n) is 10.4. The van der Waals surface area contributed by atoms with Crippen LogP contribution in [0.2, 0.25) is 5.04 Å². The van der Waals surface area contributed by atoms with Crippen LogP contribution in [0, 0.1) is 0 Å². The molecule has 0 N–H and O–H groups in total. The molecule has 0 spiro atoms. The minimum absolute atomic E-state index is 0.0517. The maximum atomic E-state index is 11.2. The molecule has 3 heteroatoms. The van der Waals surface area contributed by atoms with Crippen molar-refractivity contribution in [3.63, 3.8) is 0 Å². The van der Waals surface area contributed by atoms with Gasteiger partial charge in [-0.25, -0.2) is 0 Å². The van der Waals surface area contributed by atoms with Crippen LogP contribution in [0.25, 0.3) is 6.08 Å². The molecule has 194 valence electrons. The molecule has 0 saturated heterocycles. The van der Waals surface area contributed by atoms with Crippen molar-refractivity contribution in [2.45, 2.75) is 82.8 Å². The first-order chi connectivity index (χ1) is 18.0. The van der Waals surface area contributed by atoms with Gasteiger partial charge in [-0.05, 0) is 34.2 Å². The molecule has 3 aromatic rings. The van der Waals surface area contributed by atoms with Crippen LogP contribution in [-0.4, -0.2) is 22.2 Å². The van der Waals surface area contributed by atoms with Crippen LogP contribution >= 0.6 is 0 Å². The van der Waals surface area contributed by atoms with Crippen LogP contribution in [0.3, 0.4) is 0 Å². The molecule has 2 nitrogen and oxygen atoms in total. The Bertz CT molecular complexity index is 1040. The molecule has 0 amide bonds. The first-order valence-electron chi connectivity index (χ1n) is 13.8. The molecule has 3 rings (SSSR count). The highest BCUT2D eigenvalue weighted by molar-refractivity contribution is 6.32. The quantitative estimate of drug-likeness (QED) is 0.109. The smallest absolute Gasteiger partial charge is 0.237 e. The molecule has 0 aliphatic carbocycles. The summed E-state index contributed by atoms with van der Waals surface area (Å²) in [6.45, 7) is 6.92. The Labute approximate surface area is 227 Å². The first kappa shape index (κ1) is 28.8. The average Bonchev–Trinajstić information content (AvgIpc) is 2.93. The molecule has 0 fully saturated rings. The zero-order valence-corrected chi connectivity index (χ0v) is 23.7. The van der Waals surface area contributed by atoms with Crippen LogP contribution in [0.1, 0.15) is 98.7 Å². The second kappa shape index (κ2) is 15.5. The summed E-state index contributed by atoms with van der Waals surface area (Å²) in [4.78, 5) is 11.2. The molecular weight excluding hydrogens is 468 g/mol. The van der Waals surface area contributed by atoms with E-state index in [2.05, 4.69) is 93.6 Å². The van der Waals surface area contributed by atoms with E-state index in [1.165, 1.54) is 49.7 Å². The van der Waals surface area contributed by atoms with Gasteiger partial charge >= 0.3 is 0 Å². The SMILES string of the molecule is CCCCCCCCC(/C=C/c1cccc(C=O)c1)O[Si]C(C)(C)C(c1ccccc1)c1ccccc1. The van der Waals surface area contributed by atoms with Crippen molar-refractivity contribution in [3.8, 4) is 0 Å². The number of carbonyl (C=O) groups is 1. The number of unbranched alkanes of at least 4 members (excludes halogenated alkanes) is 5. The van der Waals surface area contributed by atoms with Crippen LogP contribution in [0.5, 0.6) is 0 Å². The van der Waals surface area contributed by atoms with Crippen molar-refractivity contribution in [2.75, 3.05) is 0 Å². The van der Waals surface area contributed by atoms with Gasteiger partial charge in [0.05, 0.1) is 6.10 Å². The summed E-state index contributed by atoms with van der Waals surface area (Å²) >= 11 is 0. The molecule has 0 bridgehead atoms. The molecular formula is C34H42O2Si. The topological polar surface area (TPSA) is 26.3 Å². The highest BCUT2D eigenvalue weighted by Gasteiger charge is 2.34. The van der Waals surface area contributed by atoms with Crippen LogP contribution in [0.15, 0.2) is 91.0 Å². The van der Waals surface area contributed by atoms with Crippen molar-refractivity contribution in [1.82, 2.24) is 0 Å². The van der Waals surface area contributed by atoms with Crippen molar-refractivity contribution >= 4 is 22.1 Å². The average molecular weight is 511 g/mol. The van der Waals surface area contributed by atoms with Gasteiger partial charge in [0, 0.05) is 11.5 Å². The van der Waals surface area contributed by atoms with Crippen molar-refractivity contribution in [1.29, 1.82) is 0 Å². The van der Waals surface area contributed by atoms with E-state index < -0.39 is 0 Å². The molecule has 0 heterocycles. The fourth-order valence-electron chi connectivity index (χ4n) is 4.88. The fraction of sp³-hybridized carbons (Fsp3) is 0.382. The lowest BCUT2D eigenvalue weighted by molar-refractivity contribution is 0.112. The summed E-state index contributed by atoms with van der Waals surface area (Å²) in [5.41, 5.74) is 4.38. The molecule has 2 radical (unpaired) electrons. The summed E-state index contributed by atoms with van der Waals surface area (Å²) in [5, 5.41) is -0.0760. The van der Waals surface area contributed by atoms with E-state index in [0.717, 1.165) is 18.3 Å². The first-order valence-corrected chi connectivity index (χ1v) is 14.7. The third-order valence-electron chi connectivity index (χ3n) is 6.85. The summed E-state index contributed by atoms with van der Waals surface area (Å²) in [6, 6.07) is 29.4. The third kappa shape index (κ3) is 9.57. The minimum atomic E-state index is -0.0760. The van der Waals surface area contributed by atoms with E-state index in [1.807, 2.05) is 24.3 Å². The molecule has 0 aliphatic heterocycles. The Morgan fingerprint density at radius 1 is 0.784 bits per heavy atom. The Kier molecular flexibility index (Phi) is 12.1. The molecule has 0 aliphatic rings. The maximum Gasteiger partial charge on any atom is 0.237 e. The summed E-state index contributed by atoms with van der Waals surface area (Å²) in [7, 11) is 0.341. The zero-order valence-electron chi connectivity index (χ0n) is 22.7. The number of hydrogen-bond donors (Lipinski definition) is 0. The monoisotopic (exact) mass is 510 g/mol. The predicted molar refractivity (Wildman–Crippen MR) is 158 cm³/mol.